The van der Waals surface area contributed by atoms with Crippen molar-refractivity contribution in [2.45, 2.75) is 45.8 Å². The standard InChI is InChI=1S/C23H30N2O5S/c1-6-29-18-9-7-8-17(13-18)25(31(5,27)28)15-22(26)24-20-14-23(3,4)30-21-11-10-16(2)12-19(20)21/h7-13,20H,6,14-15H2,1-5H3,(H,24,26). The quantitative estimate of drug-likeness (QED) is 0.703. The van der Waals surface area contributed by atoms with Gasteiger partial charge in [-0.25, -0.2) is 8.42 Å². The fourth-order valence-corrected chi connectivity index (χ4v) is 4.62. The van der Waals surface area contributed by atoms with E-state index in [-0.39, 0.29) is 18.5 Å². The molecule has 0 spiro atoms. The first-order valence-corrected chi connectivity index (χ1v) is 12.1. The zero-order valence-electron chi connectivity index (χ0n) is 18.6. The maximum atomic E-state index is 13.0. The molecule has 0 saturated heterocycles. The van der Waals surface area contributed by atoms with Gasteiger partial charge in [-0.3, -0.25) is 9.10 Å². The molecule has 2 aromatic rings. The summed E-state index contributed by atoms with van der Waals surface area (Å²) in [6.07, 6.45) is 1.66. The molecular formula is C23H30N2O5S. The van der Waals surface area contributed by atoms with E-state index in [4.69, 9.17) is 9.47 Å². The van der Waals surface area contributed by atoms with Gasteiger partial charge in [0.15, 0.2) is 0 Å². The topological polar surface area (TPSA) is 84.9 Å². The van der Waals surface area contributed by atoms with Crippen LogP contribution in [0.15, 0.2) is 42.5 Å². The molecule has 1 aliphatic heterocycles. The zero-order chi connectivity index (χ0) is 22.8. The predicted octanol–water partition coefficient (Wildman–Crippen LogP) is 3.58. The summed E-state index contributed by atoms with van der Waals surface area (Å²) in [5, 5.41) is 3.01. The van der Waals surface area contributed by atoms with Crippen molar-refractivity contribution in [2.75, 3.05) is 23.7 Å². The summed E-state index contributed by atoms with van der Waals surface area (Å²) in [5.41, 5.74) is 1.89. The lowest BCUT2D eigenvalue weighted by Gasteiger charge is -2.38. The number of ether oxygens (including phenoxy) is 2. The maximum absolute atomic E-state index is 13.0. The van der Waals surface area contributed by atoms with Crippen LogP contribution in [-0.2, 0) is 14.8 Å². The average molecular weight is 447 g/mol. The second-order valence-electron chi connectivity index (χ2n) is 8.43. The Balaban J connectivity index is 1.84. The number of carbonyl (C=O) groups excluding carboxylic acids is 1. The second kappa shape index (κ2) is 8.78. The molecule has 1 heterocycles. The van der Waals surface area contributed by atoms with Crippen LogP contribution < -0.4 is 19.1 Å². The van der Waals surface area contributed by atoms with Crippen molar-refractivity contribution >= 4 is 21.6 Å². The van der Waals surface area contributed by atoms with Gasteiger partial charge in [-0.05, 0) is 45.9 Å². The van der Waals surface area contributed by atoms with Gasteiger partial charge < -0.3 is 14.8 Å². The first-order valence-electron chi connectivity index (χ1n) is 10.3. The van der Waals surface area contributed by atoms with Crippen LogP contribution in [0, 0.1) is 6.92 Å². The Bertz CT molecular complexity index is 1070. The summed E-state index contributed by atoms with van der Waals surface area (Å²) in [6, 6.07) is 12.3. The van der Waals surface area contributed by atoms with Crippen LogP contribution in [0.3, 0.4) is 0 Å². The molecule has 0 radical (unpaired) electrons. The number of nitrogens with one attached hydrogen (secondary N) is 1. The summed E-state index contributed by atoms with van der Waals surface area (Å²) >= 11 is 0. The number of benzene rings is 2. The van der Waals surface area contributed by atoms with Crippen LogP contribution in [-0.4, -0.2) is 39.3 Å². The SMILES string of the molecule is CCOc1cccc(N(CC(=O)NC2CC(C)(C)Oc3ccc(C)cc32)S(C)(=O)=O)c1. The molecule has 0 fully saturated rings. The monoisotopic (exact) mass is 446 g/mol. The van der Waals surface area contributed by atoms with Crippen LogP contribution >= 0.6 is 0 Å². The molecule has 3 rings (SSSR count). The Kier molecular flexibility index (Phi) is 6.50. The fourth-order valence-electron chi connectivity index (χ4n) is 3.77. The van der Waals surface area contributed by atoms with Crippen LogP contribution in [0.1, 0.15) is 44.4 Å². The van der Waals surface area contributed by atoms with Gasteiger partial charge in [-0.15, -0.1) is 0 Å². The number of sulfonamides is 1. The van der Waals surface area contributed by atoms with Gasteiger partial charge in [0.2, 0.25) is 15.9 Å². The number of fused-ring (bicyclic) bond motifs is 1. The highest BCUT2D eigenvalue weighted by Crippen LogP contribution is 2.39. The molecule has 1 aliphatic rings. The highest BCUT2D eigenvalue weighted by Gasteiger charge is 2.35. The van der Waals surface area contributed by atoms with Gasteiger partial charge >= 0.3 is 0 Å². The minimum Gasteiger partial charge on any atom is -0.494 e. The van der Waals surface area contributed by atoms with Gasteiger partial charge in [0.25, 0.3) is 0 Å². The number of aryl methyl sites for hydroxylation is 1. The molecule has 8 heteroatoms. The molecule has 1 unspecified atom stereocenters. The van der Waals surface area contributed by atoms with Gasteiger partial charge in [0, 0.05) is 18.1 Å². The number of hydrogen-bond acceptors (Lipinski definition) is 5. The minimum atomic E-state index is -3.68. The molecule has 1 atom stereocenters. The number of anilines is 1. The van der Waals surface area contributed by atoms with Crippen molar-refractivity contribution in [1.29, 1.82) is 0 Å². The van der Waals surface area contributed by atoms with Crippen molar-refractivity contribution in [3.8, 4) is 11.5 Å². The minimum absolute atomic E-state index is 0.276. The molecule has 0 aliphatic carbocycles. The predicted molar refractivity (Wildman–Crippen MR) is 121 cm³/mol. The van der Waals surface area contributed by atoms with E-state index in [1.165, 1.54) is 0 Å². The van der Waals surface area contributed by atoms with Crippen molar-refractivity contribution in [2.24, 2.45) is 0 Å². The van der Waals surface area contributed by atoms with E-state index >= 15 is 0 Å². The Hall–Kier alpha value is -2.74. The van der Waals surface area contributed by atoms with Crippen molar-refractivity contribution < 1.29 is 22.7 Å². The number of hydrogen-bond donors (Lipinski definition) is 1. The Morgan fingerprint density at radius 2 is 2.00 bits per heavy atom. The third-order valence-corrected chi connectivity index (χ3v) is 6.20. The first kappa shape index (κ1) is 22.9. The van der Waals surface area contributed by atoms with Crippen molar-refractivity contribution in [3.05, 3.63) is 53.6 Å². The molecular weight excluding hydrogens is 416 g/mol. The molecule has 2 aromatic carbocycles. The summed E-state index contributed by atoms with van der Waals surface area (Å²) in [4.78, 5) is 13.0. The van der Waals surface area contributed by atoms with E-state index in [0.717, 1.165) is 27.4 Å². The second-order valence-corrected chi connectivity index (χ2v) is 10.3. The Morgan fingerprint density at radius 1 is 1.26 bits per heavy atom. The average Bonchev–Trinajstić information content (AvgIpc) is 2.66. The third-order valence-electron chi connectivity index (χ3n) is 5.06. The van der Waals surface area contributed by atoms with Crippen LogP contribution in [0.4, 0.5) is 5.69 Å². The molecule has 168 valence electrons. The van der Waals surface area contributed by atoms with E-state index in [1.54, 1.807) is 24.3 Å². The van der Waals surface area contributed by atoms with Crippen molar-refractivity contribution in [1.82, 2.24) is 5.32 Å². The smallest absolute Gasteiger partial charge is 0.241 e. The molecule has 0 bridgehead atoms. The van der Waals surface area contributed by atoms with E-state index in [2.05, 4.69) is 5.32 Å². The molecule has 0 saturated carbocycles. The van der Waals surface area contributed by atoms with Gasteiger partial charge in [-0.2, -0.15) is 0 Å². The van der Waals surface area contributed by atoms with E-state index in [1.807, 2.05) is 45.9 Å². The number of nitrogens with zero attached hydrogens (tertiary/aromatic N) is 1. The van der Waals surface area contributed by atoms with Gasteiger partial charge in [0.05, 0.1) is 24.6 Å². The fraction of sp³-hybridized carbons (Fsp3) is 0.435. The molecule has 1 N–H and O–H groups in total. The number of rotatable bonds is 7. The van der Waals surface area contributed by atoms with Gasteiger partial charge in [-0.1, -0.05) is 23.8 Å². The van der Waals surface area contributed by atoms with E-state index < -0.39 is 15.6 Å². The molecule has 7 nitrogen and oxygen atoms in total. The molecule has 0 aromatic heterocycles. The lowest BCUT2D eigenvalue weighted by Crippen LogP contribution is -2.45. The third kappa shape index (κ3) is 5.70. The summed E-state index contributed by atoms with van der Waals surface area (Å²) < 4.78 is 37.5. The van der Waals surface area contributed by atoms with Crippen LogP contribution in [0.5, 0.6) is 11.5 Å². The lowest BCUT2D eigenvalue weighted by atomic mass is 9.89. The largest absolute Gasteiger partial charge is 0.494 e. The Morgan fingerprint density at radius 3 is 2.68 bits per heavy atom. The summed E-state index contributed by atoms with van der Waals surface area (Å²) in [7, 11) is -3.68. The normalized spacial score (nSPS) is 17.3. The lowest BCUT2D eigenvalue weighted by molar-refractivity contribution is -0.120. The summed E-state index contributed by atoms with van der Waals surface area (Å²) in [6.45, 7) is 7.90. The van der Waals surface area contributed by atoms with Gasteiger partial charge in [0.1, 0.15) is 23.6 Å². The first-order chi connectivity index (χ1) is 14.5. The molecule has 31 heavy (non-hydrogen) atoms. The van der Waals surface area contributed by atoms with Crippen molar-refractivity contribution in [3.63, 3.8) is 0 Å². The van der Waals surface area contributed by atoms with Crippen LogP contribution in [0.25, 0.3) is 0 Å². The maximum Gasteiger partial charge on any atom is 0.241 e. The molecule has 1 amide bonds. The van der Waals surface area contributed by atoms with E-state index in [0.29, 0.717) is 24.5 Å². The number of carbonyl (C=O) groups is 1. The number of amides is 1. The Labute approximate surface area is 184 Å². The van der Waals surface area contributed by atoms with E-state index in [9.17, 15) is 13.2 Å². The van der Waals surface area contributed by atoms with Crippen LogP contribution in [0.2, 0.25) is 0 Å². The summed E-state index contributed by atoms with van der Waals surface area (Å²) in [5.74, 6) is 0.892. The highest BCUT2D eigenvalue weighted by atomic mass is 32.2. The zero-order valence-corrected chi connectivity index (χ0v) is 19.5. The highest BCUT2D eigenvalue weighted by molar-refractivity contribution is 7.92.